The van der Waals surface area contributed by atoms with Crippen LogP contribution in [0.1, 0.15) is 29.8 Å². The van der Waals surface area contributed by atoms with Gasteiger partial charge in [-0.1, -0.05) is 24.3 Å². The van der Waals surface area contributed by atoms with Gasteiger partial charge in [-0.25, -0.2) is 12.8 Å². The monoisotopic (exact) mass is 435 g/mol. The summed E-state index contributed by atoms with van der Waals surface area (Å²) in [5, 5.41) is 0. The number of carbonyl (C=O) groups is 2. The fraction of sp³-hybridized carbons (Fsp3) is 0.333. The number of hydrogen-bond donors (Lipinski definition) is 1. The molecule has 162 valence electrons. The van der Waals surface area contributed by atoms with Crippen molar-refractivity contribution in [1.29, 1.82) is 0 Å². The van der Waals surface area contributed by atoms with E-state index < -0.39 is 32.7 Å². The molecule has 1 atom stereocenters. The standard InChI is InChI=1S/C21H26FN3O4S/c1-5-25(14-16-10-12-17(13-11-16)21(27)24(3)4)20(26)15(2)23-30(28,29)19-9-7-6-8-18(19)22/h6-13,15,23H,5,14H2,1-4H3/t15-/m0/s1. The Morgan fingerprint density at radius 1 is 1.07 bits per heavy atom. The predicted octanol–water partition coefficient (Wildman–Crippen LogP) is 2.24. The lowest BCUT2D eigenvalue weighted by atomic mass is 10.1. The van der Waals surface area contributed by atoms with Crippen molar-refractivity contribution in [3.8, 4) is 0 Å². The molecule has 0 saturated heterocycles. The maximum atomic E-state index is 13.8. The second-order valence-corrected chi connectivity index (χ2v) is 8.70. The minimum atomic E-state index is -4.19. The molecular weight excluding hydrogens is 409 g/mol. The molecule has 2 rings (SSSR count). The number of sulfonamides is 1. The van der Waals surface area contributed by atoms with Gasteiger partial charge in [0, 0.05) is 32.7 Å². The van der Waals surface area contributed by atoms with Crippen molar-refractivity contribution in [1.82, 2.24) is 14.5 Å². The first-order chi connectivity index (χ1) is 14.1. The second-order valence-electron chi connectivity index (χ2n) is 7.02. The molecule has 0 aliphatic rings. The van der Waals surface area contributed by atoms with Gasteiger partial charge >= 0.3 is 0 Å². The third-order valence-corrected chi connectivity index (χ3v) is 6.08. The molecule has 2 aromatic carbocycles. The van der Waals surface area contributed by atoms with E-state index >= 15 is 0 Å². The van der Waals surface area contributed by atoms with E-state index in [1.807, 2.05) is 0 Å². The number of benzene rings is 2. The highest BCUT2D eigenvalue weighted by atomic mass is 32.2. The van der Waals surface area contributed by atoms with E-state index in [0.29, 0.717) is 12.1 Å². The van der Waals surface area contributed by atoms with Gasteiger partial charge in [0.15, 0.2) is 0 Å². The first-order valence-electron chi connectivity index (χ1n) is 9.43. The Bertz CT molecular complexity index is 1010. The normalized spacial score (nSPS) is 12.3. The van der Waals surface area contributed by atoms with Crippen LogP contribution in [-0.2, 0) is 21.4 Å². The van der Waals surface area contributed by atoms with Crippen LogP contribution in [0, 0.1) is 5.82 Å². The number of nitrogens with zero attached hydrogens (tertiary/aromatic N) is 2. The fourth-order valence-corrected chi connectivity index (χ4v) is 4.14. The smallest absolute Gasteiger partial charge is 0.253 e. The molecule has 1 N–H and O–H groups in total. The van der Waals surface area contributed by atoms with Gasteiger partial charge in [-0.15, -0.1) is 0 Å². The van der Waals surface area contributed by atoms with Crippen LogP contribution in [-0.4, -0.2) is 56.7 Å². The van der Waals surface area contributed by atoms with Crippen molar-refractivity contribution in [3.63, 3.8) is 0 Å². The molecule has 0 spiro atoms. The van der Waals surface area contributed by atoms with Crippen molar-refractivity contribution in [2.75, 3.05) is 20.6 Å². The minimum Gasteiger partial charge on any atom is -0.345 e. The number of hydrogen-bond acceptors (Lipinski definition) is 4. The Morgan fingerprint density at radius 2 is 1.67 bits per heavy atom. The summed E-state index contributed by atoms with van der Waals surface area (Å²) < 4.78 is 41.0. The predicted molar refractivity (Wildman–Crippen MR) is 112 cm³/mol. The summed E-state index contributed by atoms with van der Waals surface area (Å²) in [7, 11) is -0.859. The van der Waals surface area contributed by atoms with Gasteiger partial charge in [0.05, 0.1) is 6.04 Å². The zero-order valence-corrected chi connectivity index (χ0v) is 18.2. The van der Waals surface area contributed by atoms with Gasteiger partial charge in [-0.2, -0.15) is 4.72 Å². The first kappa shape index (κ1) is 23.5. The summed E-state index contributed by atoms with van der Waals surface area (Å²) >= 11 is 0. The highest BCUT2D eigenvalue weighted by Crippen LogP contribution is 2.15. The average molecular weight is 436 g/mol. The molecule has 0 bridgehead atoms. The Hall–Kier alpha value is -2.78. The largest absolute Gasteiger partial charge is 0.345 e. The molecule has 9 heteroatoms. The van der Waals surface area contributed by atoms with Crippen molar-refractivity contribution < 1.29 is 22.4 Å². The lowest BCUT2D eigenvalue weighted by molar-refractivity contribution is -0.133. The summed E-state index contributed by atoms with van der Waals surface area (Å²) in [5.74, 6) is -1.45. The third-order valence-electron chi connectivity index (χ3n) is 4.50. The minimum absolute atomic E-state index is 0.124. The molecule has 0 aliphatic heterocycles. The molecule has 2 amide bonds. The van der Waals surface area contributed by atoms with E-state index in [0.717, 1.165) is 17.7 Å². The quantitative estimate of drug-likeness (QED) is 0.689. The van der Waals surface area contributed by atoms with Gasteiger partial charge in [0.1, 0.15) is 10.7 Å². The van der Waals surface area contributed by atoms with E-state index in [2.05, 4.69) is 4.72 Å². The molecule has 0 aliphatic carbocycles. The molecule has 0 aromatic heterocycles. The molecular formula is C21H26FN3O4S. The number of rotatable bonds is 8. The summed E-state index contributed by atoms with van der Waals surface area (Å²) in [5.41, 5.74) is 1.33. The fourth-order valence-electron chi connectivity index (χ4n) is 2.86. The average Bonchev–Trinajstić information content (AvgIpc) is 2.71. The molecule has 0 radical (unpaired) electrons. The Morgan fingerprint density at radius 3 is 2.20 bits per heavy atom. The molecule has 30 heavy (non-hydrogen) atoms. The van der Waals surface area contributed by atoms with E-state index in [-0.39, 0.29) is 12.5 Å². The maximum absolute atomic E-state index is 13.8. The van der Waals surface area contributed by atoms with Crippen molar-refractivity contribution >= 4 is 21.8 Å². The maximum Gasteiger partial charge on any atom is 0.253 e. The lowest BCUT2D eigenvalue weighted by Crippen LogP contribution is -2.46. The summed E-state index contributed by atoms with van der Waals surface area (Å²) in [6, 6.07) is 10.8. The molecule has 0 heterocycles. The van der Waals surface area contributed by atoms with Crippen molar-refractivity contribution in [2.24, 2.45) is 0 Å². The van der Waals surface area contributed by atoms with Crippen LogP contribution in [0.2, 0.25) is 0 Å². The van der Waals surface area contributed by atoms with E-state index in [1.54, 1.807) is 45.3 Å². The van der Waals surface area contributed by atoms with Crippen molar-refractivity contribution in [3.05, 3.63) is 65.5 Å². The molecule has 7 nitrogen and oxygen atoms in total. The first-order valence-corrected chi connectivity index (χ1v) is 10.9. The van der Waals surface area contributed by atoms with E-state index in [4.69, 9.17) is 0 Å². The van der Waals surface area contributed by atoms with Gasteiger partial charge in [-0.3, -0.25) is 9.59 Å². The van der Waals surface area contributed by atoms with Crippen molar-refractivity contribution in [2.45, 2.75) is 31.3 Å². The molecule has 0 unspecified atom stereocenters. The summed E-state index contributed by atoms with van der Waals surface area (Å²) in [6.45, 7) is 3.79. The van der Waals surface area contributed by atoms with Gasteiger partial charge in [0.2, 0.25) is 15.9 Å². The van der Waals surface area contributed by atoms with E-state index in [1.165, 1.54) is 28.9 Å². The molecule has 0 saturated carbocycles. The lowest BCUT2D eigenvalue weighted by Gasteiger charge is -2.25. The Labute approximate surface area is 176 Å². The highest BCUT2D eigenvalue weighted by Gasteiger charge is 2.27. The van der Waals surface area contributed by atoms with Crippen LogP contribution in [0.15, 0.2) is 53.4 Å². The van der Waals surface area contributed by atoms with Gasteiger partial charge < -0.3 is 9.80 Å². The zero-order valence-electron chi connectivity index (χ0n) is 17.4. The number of likely N-dealkylation sites (N-methyl/N-ethyl adjacent to an activating group) is 1. The number of halogens is 1. The van der Waals surface area contributed by atoms with Crippen LogP contribution >= 0.6 is 0 Å². The second kappa shape index (κ2) is 9.82. The van der Waals surface area contributed by atoms with Crippen LogP contribution in [0.5, 0.6) is 0 Å². The topological polar surface area (TPSA) is 86.8 Å². The van der Waals surface area contributed by atoms with Crippen LogP contribution in [0.25, 0.3) is 0 Å². The highest BCUT2D eigenvalue weighted by molar-refractivity contribution is 7.89. The van der Waals surface area contributed by atoms with Crippen LogP contribution in [0.3, 0.4) is 0 Å². The van der Waals surface area contributed by atoms with Gasteiger partial charge in [0.25, 0.3) is 5.91 Å². The Balaban J connectivity index is 2.10. The number of nitrogens with one attached hydrogen (secondary N) is 1. The number of carbonyl (C=O) groups excluding carboxylic acids is 2. The third kappa shape index (κ3) is 5.64. The molecule has 2 aromatic rings. The summed E-state index contributed by atoms with van der Waals surface area (Å²) in [6.07, 6.45) is 0. The molecule has 0 fully saturated rings. The zero-order chi connectivity index (χ0) is 22.5. The number of amides is 2. The SMILES string of the molecule is CCN(Cc1ccc(C(=O)N(C)C)cc1)C(=O)[C@H](C)NS(=O)(=O)c1ccccc1F. The van der Waals surface area contributed by atoms with Crippen LogP contribution < -0.4 is 4.72 Å². The van der Waals surface area contributed by atoms with Crippen LogP contribution in [0.4, 0.5) is 4.39 Å². The summed E-state index contributed by atoms with van der Waals surface area (Å²) in [4.78, 5) is 27.2. The Kier molecular flexibility index (Phi) is 7.69. The van der Waals surface area contributed by atoms with E-state index in [9.17, 15) is 22.4 Å². The van der Waals surface area contributed by atoms with Gasteiger partial charge in [-0.05, 0) is 43.7 Å².